The third kappa shape index (κ3) is 5.07. The molecule has 3 aromatic rings. The van der Waals surface area contributed by atoms with Gasteiger partial charge in [-0.2, -0.15) is 0 Å². The first kappa shape index (κ1) is 20.1. The van der Waals surface area contributed by atoms with Gasteiger partial charge in [-0.25, -0.2) is 23.1 Å². The molecule has 0 spiro atoms. The van der Waals surface area contributed by atoms with Crippen molar-refractivity contribution in [3.05, 3.63) is 41.8 Å². The van der Waals surface area contributed by atoms with Gasteiger partial charge >= 0.3 is 0 Å². The van der Waals surface area contributed by atoms with E-state index in [0.717, 1.165) is 60.1 Å². The number of nitrogens with one attached hydrogen (secondary N) is 3. The van der Waals surface area contributed by atoms with Crippen LogP contribution in [0.3, 0.4) is 0 Å². The monoisotopic (exact) mass is 433 g/mol. The lowest BCUT2D eigenvalue weighted by molar-refractivity contribution is 0.321. The van der Waals surface area contributed by atoms with Crippen molar-refractivity contribution in [1.29, 1.82) is 0 Å². The Hall–Kier alpha value is -2.16. The Morgan fingerprint density at radius 3 is 2.83 bits per heavy atom. The summed E-state index contributed by atoms with van der Waals surface area (Å²) in [7, 11) is -2.49. The zero-order valence-corrected chi connectivity index (χ0v) is 17.5. The van der Waals surface area contributed by atoms with E-state index in [9.17, 15) is 8.42 Å². The number of thiol groups is 1. The van der Waals surface area contributed by atoms with Crippen molar-refractivity contribution in [3.63, 3.8) is 0 Å². The lowest BCUT2D eigenvalue weighted by Gasteiger charge is -2.29. The molecule has 0 aliphatic heterocycles. The van der Waals surface area contributed by atoms with Crippen molar-refractivity contribution in [2.75, 3.05) is 11.9 Å². The van der Waals surface area contributed by atoms with Gasteiger partial charge in [0.05, 0.1) is 0 Å². The molecular formula is C20H24ClN5O2S. The number of H-pyrrole nitrogens is 1. The molecule has 0 radical (unpaired) electrons. The van der Waals surface area contributed by atoms with Gasteiger partial charge < -0.3 is 10.3 Å². The van der Waals surface area contributed by atoms with Crippen molar-refractivity contribution >= 4 is 39.3 Å². The molecule has 3 heterocycles. The molecule has 1 fully saturated rings. The van der Waals surface area contributed by atoms with Gasteiger partial charge in [-0.1, -0.05) is 11.6 Å². The van der Waals surface area contributed by atoms with E-state index in [0.29, 0.717) is 23.7 Å². The molecule has 0 amide bonds. The first-order valence-corrected chi connectivity index (χ1v) is 11.4. The summed E-state index contributed by atoms with van der Waals surface area (Å²) in [6.45, 7) is 0.528. The van der Waals surface area contributed by atoms with Crippen LogP contribution in [0.2, 0.25) is 5.15 Å². The number of fused-ring (bicyclic) bond motifs is 1. The maximum absolute atomic E-state index is 10.6. The topological polar surface area (TPSA) is 99.8 Å². The molecule has 1 aliphatic carbocycles. The lowest BCUT2D eigenvalue weighted by Crippen LogP contribution is -2.28. The van der Waals surface area contributed by atoms with Crippen LogP contribution in [0.25, 0.3) is 22.2 Å². The summed E-state index contributed by atoms with van der Waals surface area (Å²) < 4.78 is 23.7. The molecule has 3 N–H and O–H groups in total. The highest BCUT2D eigenvalue weighted by Gasteiger charge is 2.21. The van der Waals surface area contributed by atoms with Crippen LogP contribution in [0.4, 0.5) is 5.82 Å². The fraction of sp³-hybridized carbons (Fsp3) is 0.400. The van der Waals surface area contributed by atoms with Crippen LogP contribution in [-0.4, -0.2) is 36.0 Å². The number of nitrogens with zero attached hydrogens (tertiary/aromatic N) is 2. The van der Waals surface area contributed by atoms with Gasteiger partial charge in [-0.15, -0.1) is 0 Å². The molecule has 9 heteroatoms. The summed E-state index contributed by atoms with van der Waals surface area (Å²) >= 11 is 6.31. The molecule has 7 nitrogen and oxygen atoms in total. The Bertz CT molecular complexity index is 1050. The molecule has 1 aliphatic rings. The number of aromatic nitrogens is 3. The fourth-order valence-corrected chi connectivity index (χ4v) is 4.61. The molecule has 29 heavy (non-hydrogen) atoms. The molecule has 0 atom stereocenters. The first-order valence-electron chi connectivity index (χ1n) is 9.83. The minimum Gasteiger partial charge on any atom is -0.367 e. The smallest absolute Gasteiger partial charge is 0.201 e. The normalized spacial score (nSPS) is 19.7. The summed E-state index contributed by atoms with van der Waals surface area (Å²) in [5.74, 6) is 1.34. The van der Waals surface area contributed by atoms with Crippen molar-refractivity contribution in [1.82, 2.24) is 19.7 Å². The number of pyridine rings is 2. The summed E-state index contributed by atoms with van der Waals surface area (Å²) in [5.41, 5.74) is 2.89. The quantitative estimate of drug-likeness (QED) is 0.336. The van der Waals surface area contributed by atoms with E-state index in [2.05, 4.69) is 25.0 Å². The van der Waals surface area contributed by atoms with Gasteiger partial charge in [0.15, 0.2) is 0 Å². The van der Waals surface area contributed by atoms with E-state index < -0.39 is 10.9 Å². The maximum atomic E-state index is 10.6. The van der Waals surface area contributed by atoms with Gasteiger partial charge in [-0.3, -0.25) is 0 Å². The summed E-state index contributed by atoms with van der Waals surface area (Å²) in [6.07, 6.45) is 8.84. The summed E-state index contributed by atoms with van der Waals surface area (Å²) in [6, 6.07) is 8.20. The Kier molecular flexibility index (Phi) is 6.32. The lowest BCUT2D eigenvalue weighted by atomic mass is 9.84. The summed E-state index contributed by atoms with van der Waals surface area (Å²) in [4.78, 5) is 12.0. The molecule has 1 saturated carbocycles. The number of anilines is 1. The van der Waals surface area contributed by atoms with E-state index in [1.165, 1.54) is 0 Å². The van der Waals surface area contributed by atoms with Crippen LogP contribution in [0.5, 0.6) is 0 Å². The van der Waals surface area contributed by atoms with E-state index >= 15 is 0 Å². The van der Waals surface area contributed by atoms with Gasteiger partial charge in [0, 0.05) is 35.9 Å². The van der Waals surface area contributed by atoms with Gasteiger partial charge in [0.2, 0.25) is 10.9 Å². The van der Waals surface area contributed by atoms with Gasteiger partial charge in [0.25, 0.3) is 0 Å². The highest BCUT2D eigenvalue weighted by molar-refractivity contribution is 7.70. The minimum absolute atomic E-state index is 0.346. The van der Waals surface area contributed by atoms with Gasteiger partial charge in [-0.05, 0) is 67.9 Å². The van der Waals surface area contributed by atoms with Crippen molar-refractivity contribution in [2.24, 2.45) is 5.92 Å². The Morgan fingerprint density at radius 2 is 2.03 bits per heavy atom. The maximum Gasteiger partial charge on any atom is 0.201 e. The zero-order chi connectivity index (χ0) is 20.2. The second kappa shape index (κ2) is 9.11. The van der Waals surface area contributed by atoms with Crippen LogP contribution in [0.15, 0.2) is 36.7 Å². The molecule has 0 saturated heterocycles. The van der Waals surface area contributed by atoms with Crippen LogP contribution in [0.1, 0.15) is 32.1 Å². The Balaban J connectivity index is 1.41. The molecule has 0 bridgehead atoms. The highest BCUT2D eigenvalue weighted by atomic mass is 35.5. The number of rotatable bonds is 7. The number of aromatic amines is 1. The Morgan fingerprint density at radius 1 is 1.21 bits per heavy atom. The molecule has 3 aromatic heterocycles. The third-order valence-corrected chi connectivity index (χ3v) is 6.22. The van der Waals surface area contributed by atoms with E-state index in [1.807, 2.05) is 30.5 Å². The predicted molar refractivity (Wildman–Crippen MR) is 117 cm³/mol. The Labute approximate surface area is 176 Å². The highest BCUT2D eigenvalue weighted by Crippen LogP contribution is 2.32. The number of halogens is 1. The van der Waals surface area contributed by atoms with E-state index in [-0.39, 0.29) is 0 Å². The molecule has 0 unspecified atom stereocenters. The van der Waals surface area contributed by atoms with Crippen LogP contribution >= 0.6 is 11.6 Å². The molecular weight excluding hydrogens is 410 g/mol. The van der Waals surface area contributed by atoms with Crippen molar-refractivity contribution < 1.29 is 8.42 Å². The standard InChI is InChI=1S/C20H24ClN5O2S/c21-18-10-14(17-12-23-20-16(17)2-1-8-22-20)11-19(26-18)25-15-5-3-13(4-6-15)7-9-24-29(27)28/h1-2,8,10-13,15,29H,3-7,9H2,(H,22,23)(H,25,26)(H,24,27,28). The van der Waals surface area contributed by atoms with Crippen LogP contribution < -0.4 is 10.0 Å². The second-order valence-electron chi connectivity index (χ2n) is 7.48. The van der Waals surface area contributed by atoms with E-state index in [4.69, 9.17) is 11.6 Å². The fourth-order valence-electron chi connectivity index (χ4n) is 4.09. The average Bonchev–Trinajstić information content (AvgIpc) is 3.13. The summed E-state index contributed by atoms with van der Waals surface area (Å²) in [5, 5.41) is 5.04. The largest absolute Gasteiger partial charge is 0.367 e. The molecule has 154 valence electrons. The van der Waals surface area contributed by atoms with E-state index in [1.54, 1.807) is 6.20 Å². The SMILES string of the molecule is O=[SH](=O)NCCC1CCC(Nc2cc(-c3c[nH]c4ncccc34)cc(Cl)n2)CC1. The first-order chi connectivity index (χ1) is 14.1. The average molecular weight is 434 g/mol. The van der Waals surface area contributed by atoms with Crippen LogP contribution in [0, 0.1) is 5.92 Å². The van der Waals surface area contributed by atoms with Crippen LogP contribution in [-0.2, 0) is 10.9 Å². The molecule has 4 rings (SSSR count). The number of hydrogen-bond acceptors (Lipinski definition) is 5. The number of hydrogen-bond donors (Lipinski definition) is 4. The van der Waals surface area contributed by atoms with Crippen molar-refractivity contribution in [3.8, 4) is 11.1 Å². The second-order valence-corrected chi connectivity index (χ2v) is 8.70. The zero-order valence-electron chi connectivity index (χ0n) is 15.9. The predicted octanol–water partition coefficient (Wildman–Crippen LogP) is 3.76. The van der Waals surface area contributed by atoms with Crippen molar-refractivity contribution in [2.45, 2.75) is 38.1 Å². The minimum atomic E-state index is -2.49. The third-order valence-electron chi connectivity index (χ3n) is 5.55. The molecule has 0 aromatic carbocycles. The van der Waals surface area contributed by atoms with Gasteiger partial charge in [0.1, 0.15) is 16.6 Å².